The minimum Gasteiger partial charge on any atom is -0.350 e. The van der Waals surface area contributed by atoms with Gasteiger partial charge in [0.1, 0.15) is 0 Å². The maximum Gasteiger partial charge on any atom is 0.332 e. The quantitative estimate of drug-likeness (QED) is 0.620. The highest BCUT2D eigenvalue weighted by Crippen LogP contribution is 2.22. The largest absolute Gasteiger partial charge is 0.350 e. The van der Waals surface area contributed by atoms with E-state index >= 15 is 0 Å². The Balaban J connectivity index is 2.24. The van der Waals surface area contributed by atoms with Crippen molar-refractivity contribution < 1.29 is 4.79 Å². The summed E-state index contributed by atoms with van der Waals surface area (Å²) in [6.07, 6.45) is 7.49. The number of hydrazone groups is 1. The Hall–Kier alpha value is -2.10. The molecule has 1 fully saturated rings. The van der Waals surface area contributed by atoms with Crippen LogP contribution in [-0.4, -0.2) is 11.7 Å². The summed E-state index contributed by atoms with van der Waals surface area (Å²) in [5, 5.41) is 4.14. The Morgan fingerprint density at radius 3 is 2.63 bits per heavy atom. The number of allylic oxidation sites excluding steroid dienone is 1. The lowest BCUT2D eigenvalue weighted by molar-refractivity contribution is 0.249. The SMILES string of the molecule is NC(=O)N/N=C1/CCCCC/C1=C\c1ccccc1. The van der Waals surface area contributed by atoms with Crippen molar-refractivity contribution in [2.45, 2.75) is 32.1 Å². The molecule has 0 radical (unpaired) electrons. The summed E-state index contributed by atoms with van der Waals surface area (Å²) in [7, 11) is 0. The van der Waals surface area contributed by atoms with E-state index < -0.39 is 6.03 Å². The molecule has 4 heteroatoms. The summed E-state index contributed by atoms with van der Waals surface area (Å²) < 4.78 is 0. The van der Waals surface area contributed by atoms with Crippen molar-refractivity contribution in [1.29, 1.82) is 0 Å². The number of hydrogen-bond acceptors (Lipinski definition) is 2. The van der Waals surface area contributed by atoms with Gasteiger partial charge in [-0.1, -0.05) is 36.8 Å². The fourth-order valence-corrected chi connectivity index (χ4v) is 2.25. The number of benzene rings is 1. The molecule has 0 bridgehead atoms. The lowest BCUT2D eigenvalue weighted by Gasteiger charge is -2.07. The number of nitrogens with zero attached hydrogens (tertiary/aromatic N) is 1. The van der Waals surface area contributed by atoms with E-state index in [0.29, 0.717) is 0 Å². The molecule has 0 aliphatic heterocycles. The number of nitrogens with two attached hydrogens (primary N) is 1. The van der Waals surface area contributed by atoms with Crippen LogP contribution < -0.4 is 11.2 Å². The smallest absolute Gasteiger partial charge is 0.332 e. The van der Waals surface area contributed by atoms with Gasteiger partial charge in [-0.15, -0.1) is 0 Å². The molecule has 19 heavy (non-hydrogen) atoms. The van der Waals surface area contributed by atoms with Gasteiger partial charge in [-0.25, -0.2) is 10.2 Å². The van der Waals surface area contributed by atoms with E-state index in [1.807, 2.05) is 18.2 Å². The molecule has 1 aliphatic carbocycles. The molecule has 0 unspecified atom stereocenters. The molecule has 0 spiro atoms. The fourth-order valence-electron chi connectivity index (χ4n) is 2.25. The van der Waals surface area contributed by atoms with Gasteiger partial charge in [-0.2, -0.15) is 5.10 Å². The number of rotatable bonds is 2. The monoisotopic (exact) mass is 257 g/mol. The molecule has 1 aliphatic rings. The summed E-state index contributed by atoms with van der Waals surface area (Å²) >= 11 is 0. The molecule has 2 amide bonds. The van der Waals surface area contributed by atoms with Crippen LogP contribution in [0.15, 0.2) is 41.0 Å². The standard InChI is InChI=1S/C15H19N3O/c16-15(19)18-17-14-10-6-2-5-9-13(14)11-12-7-3-1-4-8-12/h1,3-4,7-8,11H,2,5-6,9-10H2,(H3,16,18,19)/b13-11+,17-14-. The zero-order chi connectivity index (χ0) is 13.5. The van der Waals surface area contributed by atoms with E-state index in [0.717, 1.165) is 37.0 Å². The lowest BCUT2D eigenvalue weighted by Crippen LogP contribution is -2.26. The highest BCUT2D eigenvalue weighted by atomic mass is 16.2. The predicted molar refractivity (Wildman–Crippen MR) is 77.7 cm³/mol. The highest BCUT2D eigenvalue weighted by Gasteiger charge is 2.12. The first kappa shape index (κ1) is 13.3. The van der Waals surface area contributed by atoms with Crippen LogP contribution in [0, 0.1) is 0 Å². The van der Waals surface area contributed by atoms with Crippen LogP contribution in [0.25, 0.3) is 6.08 Å². The van der Waals surface area contributed by atoms with Crippen molar-refractivity contribution in [1.82, 2.24) is 5.43 Å². The molecule has 0 aromatic heterocycles. The lowest BCUT2D eigenvalue weighted by atomic mass is 10.0. The van der Waals surface area contributed by atoms with Gasteiger partial charge in [-0.05, 0) is 42.9 Å². The molecule has 0 atom stereocenters. The number of carbonyl (C=O) groups is 1. The molecule has 1 aromatic carbocycles. The predicted octanol–water partition coefficient (Wildman–Crippen LogP) is 3.06. The first-order valence-electron chi connectivity index (χ1n) is 6.64. The Labute approximate surface area is 113 Å². The number of amides is 2. The number of carbonyl (C=O) groups excluding carboxylic acids is 1. The van der Waals surface area contributed by atoms with Crippen LogP contribution in [0.3, 0.4) is 0 Å². The van der Waals surface area contributed by atoms with Crippen molar-refractivity contribution in [2.75, 3.05) is 0 Å². The van der Waals surface area contributed by atoms with Gasteiger partial charge in [0.15, 0.2) is 0 Å². The number of hydrogen-bond donors (Lipinski definition) is 2. The molecule has 1 aromatic rings. The third kappa shape index (κ3) is 4.25. The maximum absolute atomic E-state index is 10.8. The molecule has 100 valence electrons. The van der Waals surface area contributed by atoms with E-state index in [9.17, 15) is 4.79 Å². The second-order valence-corrected chi connectivity index (χ2v) is 4.68. The van der Waals surface area contributed by atoms with Crippen molar-refractivity contribution in [3.63, 3.8) is 0 Å². The Kier molecular flexibility index (Phi) is 4.72. The summed E-state index contributed by atoms with van der Waals surface area (Å²) in [6.45, 7) is 0. The summed E-state index contributed by atoms with van der Waals surface area (Å²) in [5.41, 5.74) is 10.7. The van der Waals surface area contributed by atoms with E-state index in [4.69, 9.17) is 5.73 Å². The highest BCUT2D eigenvalue weighted by molar-refractivity contribution is 6.04. The molecule has 0 saturated heterocycles. The van der Waals surface area contributed by atoms with Crippen LogP contribution in [-0.2, 0) is 0 Å². The molecule has 2 rings (SSSR count). The minimum atomic E-state index is -0.615. The fraction of sp³-hybridized carbons (Fsp3) is 0.333. The van der Waals surface area contributed by atoms with Crippen molar-refractivity contribution >= 4 is 17.8 Å². The maximum atomic E-state index is 10.8. The van der Waals surface area contributed by atoms with Crippen LogP contribution in [0.5, 0.6) is 0 Å². The van der Waals surface area contributed by atoms with Gasteiger partial charge in [-0.3, -0.25) is 0 Å². The van der Waals surface area contributed by atoms with Crippen molar-refractivity contribution in [3.8, 4) is 0 Å². The topological polar surface area (TPSA) is 67.5 Å². The second kappa shape index (κ2) is 6.73. The number of urea groups is 1. The van der Waals surface area contributed by atoms with Gasteiger partial charge in [0.05, 0.1) is 5.71 Å². The molecular weight excluding hydrogens is 238 g/mol. The number of primary amides is 1. The van der Waals surface area contributed by atoms with Crippen LogP contribution in [0.1, 0.15) is 37.7 Å². The third-order valence-corrected chi connectivity index (χ3v) is 3.17. The zero-order valence-electron chi connectivity index (χ0n) is 10.9. The van der Waals surface area contributed by atoms with Gasteiger partial charge in [0, 0.05) is 0 Å². The molecule has 4 nitrogen and oxygen atoms in total. The van der Waals surface area contributed by atoms with E-state index in [-0.39, 0.29) is 0 Å². The van der Waals surface area contributed by atoms with Gasteiger partial charge in [0.25, 0.3) is 0 Å². The van der Waals surface area contributed by atoms with Crippen molar-refractivity contribution in [2.24, 2.45) is 10.8 Å². The summed E-state index contributed by atoms with van der Waals surface area (Å²) in [5.74, 6) is 0. The minimum absolute atomic E-state index is 0.615. The average Bonchev–Trinajstić information content (AvgIpc) is 2.63. The molecule has 1 saturated carbocycles. The first-order valence-corrected chi connectivity index (χ1v) is 6.64. The average molecular weight is 257 g/mol. The van der Waals surface area contributed by atoms with Gasteiger partial charge < -0.3 is 5.73 Å². The van der Waals surface area contributed by atoms with Gasteiger partial charge in [0.2, 0.25) is 0 Å². The zero-order valence-corrected chi connectivity index (χ0v) is 10.9. The second-order valence-electron chi connectivity index (χ2n) is 4.68. The molecular formula is C15H19N3O. The summed E-state index contributed by atoms with van der Waals surface area (Å²) in [6, 6.07) is 9.55. The Bertz CT molecular complexity index is 491. The van der Waals surface area contributed by atoms with Gasteiger partial charge >= 0.3 is 6.03 Å². The normalized spacial score (nSPS) is 20.2. The Morgan fingerprint density at radius 1 is 1.16 bits per heavy atom. The summed E-state index contributed by atoms with van der Waals surface area (Å²) in [4.78, 5) is 10.8. The molecule has 3 N–H and O–H groups in total. The van der Waals surface area contributed by atoms with Crippen LogP contribution >= 0.6 is 0 Å². The van der Waals surface area contributed by atoms with E-state index in [1.54, 1.807) is 0 Å². The molecule has 0 heterocycles. The van der Waals surface area contributed by atoms with Crippen LogP contribution in [0.2, 0.25) is 0 Å². The first-order chi connectivity index (χ1) is 9.25. The van der Waals surface area contributed by atoms with E-state index in [2.05, 4.69) is 28.7 Å². The number of nitrogens with one attached hydrogen (secondary N) is 1. The Morgan fingerprint density at radius 2 is 1.89 bits per heavy atom. The van der Waals surface area contributed by atoms with Crippen LogP contribution in [0.4, 0.5) is 4.79 Å². The van der Waals surface area contributed by atoms with Crippen molar-refractivity contribution in [3.05, 3.63) is 41.5 Å². The van der Waals surface area contributed by atoms with E-state index in [1.165, 1.54) is 12.0 Å². The third-order valence-electron chi connectivity index (χ3n) is 3.17.